The maximum atomic E-state index is 11.6. The second kappa shape index (κ2) is 10.9. The SMILES string of the molecule is C[Si](C)(C)CCOC(=O)CCC(O)CNC(=O)OCC[Si](C)(C)C. The summed E-state index contributed by atoms with van der Waals surface area (Å²) in [6.45, 7) is 14.2. The van der Waals surface area contributed by atoms with Crippen molar-refractivity contribution < 1.29 is 24.2 Å². The summed E-state index contributed by atoms with van der Waals surface area (Å²) in [5, 5.41) is 12.3. The van der Waals surface area contributed by atoms with Crippen molar-refractivity contribution in [3.63, 3.8) is 0 Å². The number of hydrogen-bond acceptors (Lipinski definition) is 5. The molecule has 0 saturated carbocycles. The minimum atomic E-state index is -1.22. The Morgan fingerprint density at radius 1 is 0.958 bits per heavy atom. The lowest BCUT2D eigenvalue weighted by atomic mass is 10.2. The van der Waals surface area contributed by atoms with E-state index in [-0.39, 0.29) is 25.4 Å². The molecule has 0 aromatic heterocycles. The standard InChI is InChI=1S/C16H35NO5Si2/c1-23(2,3)11-9-21-15(19)8-7-14(18)13-17-16(20)22-10-12-24(4,5)6/h14,18H,7-13H2,1-6H3,(H,17,20). The fraction of sp³-hybridized carbons (Fsp3) is 0.875. The largest absolute Gasteiger partial charge is 0.466 e. The van der Waals surface area contributed by atoms with Crippen molar-refractivity contribution in [2.75, 3.05) is 19.8 Å². The Morgan fingerprint density at radius 3 is 1.96 bits per heavy atom. The fourth-order valence-electron chi connectivity index (χ4n) is 1.63. The highest BCUT2D eigenvalue weighted by Gasteiger charge is 2.16. The summed E-state index contributed by atoms with van der Waals surface area (Å²) in [5.41, 5.74) is 0. The van der Waals surface area contributed by atoms with Crippen LogP contribution in [0.4, 0.5) is 4.79 Å². The number of aliphatic hydroxyl groups excluding tert-OH is 1. The molecule has 0 bridgehead atoms. The topological polar surface area (TPSA) is 84.9 Å². The van der Waals surface area contributed by atoms with Crippen molar-refractivity contribution in [3.05, 3.63) is 0 Å². The fourth-order valence-corrected chi connectivity index (χ4v) is 3.06. The Hall–Kier alpha value is -0.866. The van der Waals surface area contributed by atoms with Crippen LogP contribution in [0, 0.1) is 0 Å². The molecule has 0 aromatic rings. The van der Waals surface area contributed by atoms with Gasteiger partial charge in [-0.1, -0.05) is 39.3 Å². The van der Waals surface area contributed by atoms with E-state index in [1.54, 1.807) is 0 Å². The minimum Gasteiger partial charge on any atom is -0.466 e. The summed E-state index contributed by atoms with van der Waals surface area (Å²) in [6.07, 6.45) is -0.885. The van der Waals surface area contributed by atoms with Crippen LogP contribution in [0.1, 0.15) is 12.8 Å². The van der Waals surface area contributed by atoms with E-state index >= 15 is 0 Å². The highest BCUT2D eigenvalue weighted by molar-refractivity contribution is 6.76. The third-order valence-corrected chi connectivity index (χ3v) is 6.77. The van der Waals surface area contributed by atoms with E-state index in [1.165, 1.54) is 0 Å². The first-order valence-corrected chi connectivity index (χ1v) is 16.0. The summed E-state index contributed by atoms with van der Waals surface area (Å²) in [4.78, 5) is 23.1. The number of nitrogens with one attached hydrogen (secondary N) is 1. The number of carbonyl (C=O) groups excluding carboxylic acids is 2. The second-order valence-electron chi connectivity index (χ2n) is 8.55. The van der Waals surface area contributed by atoms with Crippen molar-refractivity contribution in [1.82, 2.24) is 5.32 Å². The van der Waals surface area contributed by atoms with Gasteiger partial charge in [0.2, 0.25) is 0 Å². The van der Waals surface area contributed by atoms with E-state index in [0.717, 1.165) is 12.1 Å². The average Bonchev–Trinajstić information content (AvgIpc) is 2.40. The lowest BCUT2D eigenvalue weighted by Crippen LogP contribution is -2.34. The first-order chi connectivity index (χ1) is 10.9. The molecular weight excluding hydrogens is 342 g/mol. The van der Waals surface area contributed by atoms with Crippen LogP contribution >= 0.6 is 0 Å². The van der Waals surface area contributed by atoms with E-state index in [2.05, 4.69) is 44.6 Å². The van der Waals surface area contributed by atoms with E-state index in [0.29, 0.717) is 13.2 Å². The summed E-state index contributed by atoms with van der Waals surface area (Å²) >= 11 is 0. The summed E-state index contributed by atoms with van der Waals surface area (Å²) in [6, 6.07) is 1.85. The number of amides is 1. The molecule has 0 aromatic carbocycles. The third kappa shape index (κ3) is 16.0. The van der Waals surface area contributed by atoms with Gasteiger partial charge in [0.25, 0.3) is 0 Å². The van der Waals surface area contributed by atoms with E-state index in [9.17, 15) is 14.7 Å². The Bertz CT molecular complexity index is 355. The van der Waals surface area contributed by atoms with Crippen LogP contribution in [0.2, 0.25) is 51.4 Å². The van der Waals surface area contributed by atoms with Crippen LogP contribution in [-0.4, -0.2) is 59.2 Å². The van der Waals surface area contributed by atoms with Gasteiger partial charge in [-0.25, -0.2) is 4.79 Å². The highest BCUT2D eigenvalue weighted by Crippen LogP contribution is 2.09. The van der Waals surface area contributed by atoms with Crippen LogP contribution in [-0.2, 0) is 14.3 Å². The van der Waals surface area contributed by atoms with Crippen LogP contribution in [0.3, 0.4) is 0 Å². The molecule has 0 spiro atoms. The van der Waals surface area contributed by atoms with Gasteiger partial charge in [-0.2, -0.15) is 0 Å². The van der Waals surface area contributed by atoms with E-state index in [4.69, 9.17) is 9.47 Å². The van der Waals surface area contributed by atoms with Crippen molar-refractivity contribution in [1.29, 1.82) is 0 Å². The summed E-state index contributed by atoms with van der Waals surface area (Å²) in [7, 11) is -2.42. The second-order valence-corrected chi connectivity index (χ2v) is 19.8. The van der Waals surface area contributed by atoms with Crippen molar-refractivity contribution in [2.45, 2.75) is 70.3 Å². The molecule has 8 heteroatoms. The molecule has 1 atom stereocenters. The van der Waals surface area contributed by atoms with Gasteiger partial charge in [0.1, 0.15) is 0 Å². The molecule has 0 fully saturated rings. The summed E-state index contributed by atoms with van der Waals surface area (Å²) < 4.78 is 10.2. The van der Waals surface area contributed by atoms with Gasteiger partial charge < -0.3 is 19.9 Å². The van der Waals surface area contributed by atoms with Crippen molar-refractivity contribution >= 4 is 28.2 Å². The van der Waals surface area contributed by atoms with Crippen molar-refractivity contribution in [3.8, 4) is 0 Å². The Balaban J connectivity index is 3.73. The first-order valence-electron chi connectivity index (χ1n) is 8.63. The first kappa shape index (κ1) is 23.1. The number of hydrogen-bond donors (Lipinski definition) is 2. The number of esters is 1. The Labute approximate surface area is 148 Å². The van der Waals surface area contributed by atoms with Gasteiger partial charge in [-0.3, -0.25) is 4.79 Å². The quantitative estimate of drug-likeness (QED) is 0.427. The minimum absolute atomic E-state index is 0.0773. The lowest BCUT2D eigenvalue weighted by molar-refractivity contribution is -0.143. The Morgan fingerprint density at radius 2 is 1.46 bits per heavy atom. The molecule has 6 nitrogen and oxygen atoms in total. The smallest absolute Gasteiger partial charge is 0.407 e. The lowest BCUT2D eigenvalue weighted by Gasteiger charge is -2.16. The van der Waals surface area contributed by atoms with Gasteiger partial charge in [-0.15, -0.1) is 0 Å². The van der Waals surface area contributed by atoms with Gasteiger partial charge in [-0.05, 0) is 18.5 Å². The number of rotatable bonds is 11. The number of aliphatic hydroxyl groups is 1. The zero-order chi connectivity index (χ0) is 18.8. The normalized spacial score (nSPS) is 13.3. The van der Waals surface area contributed by atoms with Crippen LogP contribution in [0.5, 0.6) is 0 Å². The maximum Gasteiger partial charge on any atom is 0.407 e. The van der Waals surface area contributed by atoms with E-state index < -0.39 is 28.3 Å². The molecule has 24 heavy (non-hydrogen) atoms. The van der Waals surface area contributed by atoms with Gasteiger partial charge in [0.05, 0.1) is 19.3 Å². The molecule has 2 N–H and O–H groups in total. The molecule has 0 aliphatic rings. The van der Waals surface area contributed by atoms with Gasteiger partial charge in [0, 0.05) is 29.1 Å². The number of alkyl carbamates (subject to hydrolysis) is 1. The van der Waals surface area contributed by atoms with Gasteiger partial charge >= 0.3 is 12.1 Å². The highest BCUT2D eigenvalue weighted by atomic mass is 28.3. The average molecular weight is 378 g/mol. The molecule has 0 heterocycles. The zero-order valence-electron chi connectivity index (χ0n) is 16.1. The molecule has 1 amide bonds. The molecule has 0 rings (SSSR count). The maximum absolute atomic E-state index is 11.6. The molecule has 1 unspecified atom stereocenters. The Kier molecular flexibility index (Phi) is 10.5. The third-order valence-electron chi connectivity index (χ3n) is 3.36. The predicted molar refractivity (Wildman–Crippen MR) is 102 cm³/mol. The molecule has 0 radical (unpaired) electrons. The van der Waals surface area contributed by atoms with Crippen molar-refractivity contribution in [2.24, 2.45) is 0 Å². The van der Waals surface area contributed by atoms with Crippen LogP contribution < -0.4 is 5.32 Å². The molecule has 0 aliphatic heterocycles. The van der Waals surface area contributed by atoms with E-state index in [1.807, 2.05) is 0 Å². The molecule has 0 aliphatic carbocycles. The predicted octanol–water partition coefficient (Wildman–Crippen LogP) is 3.07. The molecule has 142 valence electrons. The monoisotopic (exact) mass is 377 g/mol. The summed E-state index contributed by atoms with van der Waals surface area (Å²) in [5.74, 6) is -0.301. The number of ether oxygens (including phenoxy) is 2. The molecular formula is C16H35NO5Si2. The number of carbonyl (C=O) groups is 2. The van der Waals surface area contributed by atoms with Gasteiger partial charge in [0.15, 0.2) is 0 Å². The molecule has 0 saturated heterocycles. The van der Waals surface area contributed by atoms with Crippen LogP contribution in [0.25, 0.3) is 0 Å². The van der Waals surface area contributed by atoms with Crippen LogP contribution in [0.15, 0.2) is 0 Å². The zero-order valence-corrected chi connectivity index (χ0v) is 18.1.